The molecule has 7 nitrogen and oxygen atoms in total. The smallest absolute Gasteiger partial charge is 0.265 e. The molecule has 3 aromatic rings. The Bertz CT molecular complexity index is 1070. The molecule has 1 heterocycles. The summed E-state index contributed by atoms with van der Waals surface area (Å²) in [4.78, 5) is 16.4. The van der Waals surface area contributed by atoms with E-state index in [1.807, 2.05) is 31.2 Å². The van der Waals surface area contributed by atoms with Crippen LogP contribution < -0.4 is 14.8 Å². The molecule has 152 valence electrons. The zero-order valence-electron chi connectivity index (χ0n) is 16.0. The number of nitrogens with one attached hydrogen (secondary N) is 2. The van der Waals surface area contributed by atoms with E-state index in [-0.39, 0.29) is 10.8 Å². The van der Waals surface area contributed by atoms with E-state index in [4.69, 9.17) is 4.74 Å². The van der Waals surface area contributed by atoms with Gasteiger partial charge in [0.25, 0.3) is 15.9 Å². The molecule has 0 aliphatic carbocycles. The fraction of sp³-hybridized carbons (Fsp3) is 0.200. The standard InChI is InChI=1S/C20H21N3O4S2/c1-3-15-6-4-5-7-18(15)27-14(2)19(24)22-16-8-10-17(11-9-16)29(25,26)23-20-21-12-13-28-20/h4-14H,3H2,1-2H3,(H,21,23)(H,22,24)/t14-/m0/s1. The van der Waals surface area contributed by atoms with Gasteiger partial charge in [-0.15, -0.1) is 11.3 Å². The summed E-state index contributed by atoms with van der Waals surface area (Å²) in [7, 11) is -3.73. The number of aromatic nitrogens is 1. The Morgan fingerprint density at radius 1 is 1.17 bits per heavy atom. The third-order valence-electron chi connectivity index (χ3n) is 4.11. The van der Waals surface area contributed by atoms with E-state index in [1.165, 1.54) is 41.8 Å². The summed E-state index contributed by atoms with van der Waals surface area (Å²) >= 11 is 1.19. The number of amides is 1. The third kappa shape index (κ3) is 5.33. The molecule has 0 saturated carbocycles. The van der Waals surface area contributed by atoms with Crippen LogP contribution in [-0.2, 0) is 21.2 Å². The number of nitrogens with zero attached hydrogens (tertiary/aromatic N) is 1. The average molecular weight is 432 g/mol. The molecule has 1 amide bonds. The molecule has 0 bridgehead atoms. The van der Waals surface area contributed by atoms with E-state index < -0.39 is 16.1 Å². The number of rotatable bonds is 8. The van der Waals surface area contributed by atoms with Crippen molar-refractivity contribution in [3.63, 3.8) is 0 Å². The number of anilines is 2. The van der Waals surface area contributed by atoms with Gasteiger partial charge >= 0.3 is 0 Å². The first kappa shape index (κ1) is 20.8. The lowest BCUT2D eigenvalue weighted by Gasteiger charge is -2.17. The molecule has 2 aromatic carbocycles. The van der Waals surface area contributed by atoms with Crippen molar-refractivity contribution >= 4 is 38.1 Å². The number of carbonyl (C=O) groups is 1. The minimum atomic E-state index is -3.73. The molecule has 0 saturated heterocycles. The second-order valence-corrected chi connectivity index (χ2v) is 8.75. The molecule has 29 heavy (non-hydrogen) atoms. The molecule has 0 aliphatic heterocycles. The highest BCUT2D eigenvalue weighted by Crippen LogP contribution is 2.21. The summed E-state index contributed by atoms with van der Waals surface area (Å²) in [6, 6.07) is 13.5. The van der Waals surface area contributed by atoms with Gasteiger partial charge in [-0.3, -0.25) is 9.52 Å². The Morgan fingerprint density at radius 3 is 2.55 bits per heavy atom. The molecule has 1 aromatic heterocycles. The number of hydrogen-bond donors (Lipinski definition) is 2. The van der Waals surface area contributed by atoms with Crippen LogP contribution in [0.25, 0.3) is 0 Å². The van der Waals surface area contributed by atoms with Crippen molar-refractivity contribution in [3.8, 4) is 5.75 Å². The molecule has 2 N–H and O–H groups in total. The lowest BCUT2D eigenvalue weighted by molar-refractivity contribution is -0.122. The van der Waals surface area contributed by atoms with Crippen LogP contribution in [0.1, 0.15) is 19.4 Å². The van der Waals surface area contributed by atoms with Gasteiger partial charge < -0.3 is 10.1 Å². The van der Waals surface area contributed by atoms with Gasteiger partial charge in [0.05, 0.1) is 4.90 Å². The van der Waals surface area contributed by atoms with Gasteiger partial charge in [0.15, 0.2) is 11.2 Å². The van der Waals surface area contributed by atoms with Crippen molar-refractivity contribution in [3.05, 3.63) is 65.7 Å². The first-order valence-corrected chi connectivity index (χ1v) is 11.3. The Balaban J connectivity index is 1.63. The zero-order chi connectivity index (χ0) is 20.9. The second kappa shape index (κ2) is 9.06. The summed E-state index contributed by atoms with van der Waals surface area (Å²) in [6.07, 6.45) is 1.61. The number of para-hydroxylation sites is 1. The maximum Gasteiger partial charge on any atom is 0.265 e. The molecule has 0 radical (unpaired) electrons. The van der Waals surface area contributed by atoms with Gasteiger partial charge in [-0.1, -0.05) is 25.1 Å². The normalized spacial score (nSPS) is 12.2. The minimum Gasteiger partial charge on any atom is -0.481 e. The Morgan fingerprint density at radius 2 is 1.90 bits per heavy atom. The number of ether oxygens (including phenoxy) is 1. The van der Waals surface area contributed by atoms with Gasteiger partial charge in [-0.25, -0.2) is 13.4 Å². The van der Waals surface area contributed by atoms with Gasteiger partial charge in [-0.2, -0.15) is 0 Å². The van der Waals surface area contributed by atoms with Crippen LogP contribution in [0.2, 0.25) is 0 Å². The van der Waals surface area contributed by atoms with Crippen molar-refractivity contribution in [2.24, 2.45) is 0 Å². The van der Waals surface area contributed by atoms with Crippen molar-refractivity contribution in [1.29, 1.82) is 0 Å². The number of benzene rings is 2. The van der Waals surface area contributed by atoms with Crippen LogP contribution >= 0.6 is 11.3 Å². The summed E-state index contributed by atoms with van der Waals surface area (Å²) in [6.45, 7) is 3.68. The largest absolute Gasteiger partial charge is 0.481 e. The van der Waals surface area contributed by atoms with Crippen LogP contribution in [0.5, 0.6) is 5.75 Å². The number of sulfonamides is 1. The molecule has 0 unspecified atom stereocenters. The molecular formula is C20H21N3O4S2. The molecule has 0 spiro atoms. The second-order valence-electron chi connectivity index (χ2n) is 6.18. The van der Waals surface area contributed by atoms with E-state index in [1.54, 1.807) is 12.3 Å². The van der Waals surface area contributed by atoms with Gasteiger partial charge in [-0.05, 0) is 49.2 Å². The predicted octanol–water partition coefficient (Wildman–Crippen LogP) is 3.91. The molecule has 0 fully saturated rings. The van der Waals surface area contributed by atoms with Crippen LogP contribution in [0, 0.1) is 0 Å². The summed E-state index contributed by atoms with van der Waals surface area (Å²) < 4.78 is 32.9. The Kier molecular flexibility index (Phi) is 6.50. The highest BCUT2D eigenvalue weighted by molar-refractivity contribution is 7.93. The highest BCUT2D eigenvalue weighted by atomic mass is 32.2. The zero-order valence-corrected chi connectivity index (χ0v) is 17.6. The van der Waals surface area contributed by atoms with Gasteiger partial charge in [0.1, 0.15) is 5.75 Å². The third-order valence-corrected chi connectivity index (χ3v) is 6.29. The molecule has 9 heteroatoms. The van der Waals surface area contributed by atoms with Crippen molar-refractivity contribution < 1.29 is 17.9 Å². The van der Waals surface area contributed by atoms with E-state index in [0.717, 1.165) is 12.0 Å². The van der Waals surface area contributed by atoms with Crippen molar-refractivity contribution in [2.75, 3.05) is 10.0 Å². The molecule has 3 rings (SSSR count). The lowest BCUT2D eigenvalue weighted by Crippen LogP contribution is -2.30. The number of carbonyl (C=O) groups excluding carboxylic acids is 1. The predicted molar refractivity (Wildman–Crippen MR) is 114 cm³/mol. The van der Waals surface area contributed by atoms with Gasteiger partial charge in [0, 0.05) is 17.3 Å². The fourth-order valence-electron chi connectivity index (χ4n) is 2.56. The number of hydrogen-bond acceptors (Lipinski definition) is 6. The maximum absolute atomic E-state index is 12.4. The van der Waals surface area contributed by atoms with Crippen LogP contribution in [0.15, 0.2) is 65.0 Å². The maximum atomic E-state index is 12.4. The Hall–Kier alpha value is -2.91. The van der Waals surface area contributed by atoms with E-state index in [2.05, 4.69) is 15.0 Å². The number of thiazole rings is 1. The molecule has 0 aliphatic rings. The fourth-order valence-corrected chi connectivity index (χ4v) is 4.35. The molecule has 1 atom stereocenters. The minimum absolute atomic E-state index is 0.0758. The van der Waals surface area contributed by atoms with Crippen molar-refractivity contribution in [1.82, 2.24) is 4.98 Å². The SMILES string of the molecule is CCc1ccccc1O[C@@H](C)C(=O)Nc1ccc(S(=O)(=O)Nc2nccs2)cc1. The van der Waals surface area contributed by atoms with Crippen LogP contribution in [0.3, 0.4) is 0 Å². The van der Waals surface area contributed by atoms with E-state index >= 15 is 0 Å². The summed E-state index contributed by atoms with van der Waals surface area (Å²) in [5.74, 6) is 0.347. The lowest BCUT2D eigenvalue weighted by atomic mass is 10.1. The van der Waals surface area contributed by atoms with Gasteiger partial charge in [0.2, 0.25) is 0 Å². The molecular weight excluding hydrogens is 410 g/mol. The number of aryl methyl sites for hydroxylation is 1. The summed E-state index contributed by atoms with van der Waals surface area (Å²) in [5.41, 5.74) is 1.50. The first-order valence-electron chi connectivity index (χ1n) is 8.97. The first-order chi connectivity index (χ1) is 13.9. The monoisotopic (exact) mass is 431 g/mol. The van der Waals surface area contributed by atoms with E-state index in [0.29, 0.717) is 16.6 Å². The highest BCUT2D eigenvalue weighted by Gasteiger charge is 2.18. The van der Waals surface area contributed by atoms with Crippen LogP contribution in [-0.4, -0.2) is 25.4 Å². The topological polar surface area (TPSA) is 97.4 Å². The summed E-state index contributed by atoms with van der Waals surface area (Å²) in [5, 5.41) is 4.71. The Labute approximate surface area is 173 Å². The van der Waals surface area contributed by atoms with Crippen LogP contribution in [0.4, 0.5) is 10.8 Å². The quantitative estimate of drug-likeness (QED) is 0.564. The van der Waals surface area contributed by atoms with Crippen molar-refractivity contribution in [2.45, 2.75) is 31.3 Å². The van der Waals surface area contributed by atoms with E-state index in [9.17, 15) is 13.2 Å². The average Bonchev–Trinajstić information content (AvgIpc) is 3.21.